The Bertz CT molecular complexity index is 1150. The van der Waals surface area contributed by atoms with E-state index >= 15 is 0 Å². The zero-order valence-corrected chi connectivity index (χ0v) is 29.3. The lowest BCUT2D eigenvalue weighted by Gasteiger charge is -2.38. The lowest BCUT2D eigenvalue weighted by Crippen LogP contribution is -2.47. The number of hydrogen-bond acceptors (Lipinski definition) is 7. The lowest BCUT2D eigenvalue weighted by molar-refractivity contribution is -0.153. The Balaban J connectivity index is 0.000000321. The number of halogens is 1. The molecule has 1 atom stereocenters. The molecule has 0 N–H and O–H groups in total. The summed E-state index contributed by atoms with van der Waals surface area (Å²) in [5, 5.41) is 0. The number of nitrogens with zero attached hydrogens (tertiary/aromatic N) is 3. The molecule has 9 heteroatoms. The summed E-state index contributed by atoms with van der Waals surface area (Å²) in [5.74, 6) is -0.487. The van der Waals surface area contributed by atoms with Gasteiger partial charge in [0.2, 0.25) is 5.91 Å². The van der Waals surface area contributed by atoms with Crippen molar-refractivity contribution in [3.63, 3.8) is 0 Å². The number of esters is 2. The second-order valence-electron chi connectivity index (χ2n) is 12.5. The molecule has 2 aromatic carbocycles. The van der Waals surface area contributed by atoms with Crippen LogP contribution in [0.4, 0.5) is 5.69 Å². The highest BCUT2D eigenvalue weighted by Crippen LogP contribution is 2.35. The van der Waals surface area contributed by atoms with Gasteiger partial charge in [0.05, 0.1) is 12.5 Å². The van der Waals surface area contributed by atoms with Crippen molar-refractivity contribution in [3.8, 4) is 0 Å². The minimum atomic E-state index is -0.906. The van der Waals surface area contributed by atoms with Crippen LogP contribution in [0.25, 0.3) is 0 Å². The van der Waals surface area contributed by atoms with Crippen molar-refractivity contribution < 1.29 is 23.9 Å². The minimum Gasteiger partial charge on any atom is -0.469 e. The first-order valence-electron chi connectivity index (χ1n) is 15.5. The van der Waals surface area contributed by atoms with Gasteiger partial charge in [0, 0.05) is 44.3 Å². The third-order valence-corrected chi connectivity index (χ3v) is 8.40. The Labute approximate surface area is 273 Å². The van der Waals surface area contributed by atoms with Gasteiger partial charge in [0.25, 0.3) is 0 Å². The smallest absolute Gasteiger partial charge is 0.322 e. The van der Waals surface area contributed by atoms with Crippen LogP contribution in [0.15, 0.2) is 60.7 Å². The van der Waals surface area contributed by atoms with E-state index in [0.29, 0.717) is 32.0 Å². The fourth-order valence-electron chi connectivity index (χ4n) is 5.37. The predicted octanol–water partition coefficient (Wildman–Crippen LogP) is 5.97. The fraction of sp³-hybridized carbons (Fsp3) is 0.571. The summed E-state index contributed by atoms with van der Waals surface area (Å²) in [6.45, 7) is 11.4. The summed E-state index contributed by atoms with van der Waals surface area (Å²) in [5.41, 5.74) is 1.68. The van der Waals surface area contributed by atoms with Crippen LogP contribution in [-0.4, -0.2) is 92.0 Å². The number of alkyl halides is 1. The SMILES string of the molecule is CCC(=O)N(c1ccccc1)C1CCN(CCc2ccccc2)CC1.COC(=O)C(C)(C)CC(C)(Br)C(=O)OCCN(C)C. The van der Waals surface area contributed by atoms with Crippen LogP contribution in [0, 0.1) is 5.41 Å². The molecule has 1 aliphatic heterocycles. The Morgan fingerprint density at radius 2 is 1.50 bits per heavy atom. The number of methoxy groups -OCH3 is 1. The van der Waals surface area contributed by atoms with Crippen molar-refractivity contribution in [2.24, 2.45) is 5.41 Å². The van der Waals surface area contributed by atoms with Gasteiger partial charge < -0.3 is 24.2 Å². The summed E-state index contributed by atoms with van der Waals surface area (Å²) in [6.07, 6.45) is 4.06. The molecular weight excluding hydrogens is 622 g/mol. The molecule has 0 bridgehead atoms. The van der Waals surface area contributed by atoms with E-state index in [0.717, 1.165) is 44.6 Å². The molecule has 0 spiro atoms. The summed E-state index contributed by atoms with van der Waals surface area (Å²) in [7, 11) is 5.15. The van der Waals surface area contributed by atoms with Crippen molar-refractivity contribution in [2.75, 3.05) is 58.9 Å². The Hall–Kier alpha value is -2.75. The third kappa shape index (κ3) is 12.3. The van der Waals surface area contributed by atoms with Gasteiger partial charge in [-0.05, 0) is 78.2 Å². The zero-order valence-electron chi connectivity index (χ0n) is 27.7. The number of piperidine rings is 1. The average Bonchev–Trinajstić information content (AvgIpc) is 3.00. The van der Waals surface area contributed by atoms with E-state index < -0.39 is 9.74 Å². The second kappa shape index (κ2) is 18.3. The molecule has 1 amide bonds. The molecule has 1 heterocycles. The van der Waals surface area contributed by atoms with Gasteiger partial charge in [-0.15, -0.1) is 0 Å². The molecule has 44 heavy (non-hydrogen) atoms. The summed E-state index contributed by atoms with van der Waals surface area (Å²) < 4.78 is 9.03. The molecule has 0 aliphatic carbocycles. The van der Waals surface area contributed by atoms with Crippen LogP contribution in [0.5, 0.6) is 0 Å². The summed E-state index contributed by atoms with van der Waals surface area (Å²) in [6, 6.07) is 21.1. The van der Waals surface area contributed by atoms with Crippen molar-refractivity contribution in [1.29, 1.82) is 0 Å². The number of anilines is 1. The van der Waals surface area contributed by atoms with E-state index in [2.05, 4.69) is 63.3 Å². The standard InChI is InChI=1S/C22H28N2O.C13H24BrNO4/c1-2-22(25)24(20-11-7-4-8-12-20)21-14-17-23(18-15-21)16-13-19-9-5-3-6-10-19;1-12(2,10(16)18-6)9-13(3,14)11(17)19-8-7-15(4)5/h3-12,21H,2,13-18H2,1H3;7-9H2,1-6H3. The number of rotatable bonds is 13. The molecule has 2 aromatic rings. The number of carbonyl (C=O) groups excluding carboxylic acids is 3. The van der Waals surface area contributed by atoms with E-state index in [4.69, 9.17) is 9.47 Å². The average molecular weight is 675 g/mol. The Morgan fingerprint density at radius 3 is 2.02 bits per heavy atom. The maximum Gasteiger partial charge on any atom is 0.322 e. The largest absolute Gasteiger partial charge is 0.469 e. The van der Waals surface area contributed by atoms with Gasteiger partial charge in [-0.2, -0.15) is 0 Å². The second-order valence-corrected chi connectivity index (χ2v) is 14.2. The van der Waals surface area contributed by atoms with Crippen LogP contribution >= 0.6 is 15.9 Å². The Morgan fingerprint density at radius 1 is 0.932 bits per heavy atom. The number of carbonyl (C=O) groups is 3. The highest BCUT2D eigenvalue weighted by Gasteiger charge is 2.42. The first kappa shape index (κ1) is 37.4. The molecule has 1 fully saturated rings. The zero-order chi connectivity index (χ0) is 32.8. The number of para-hydroxylation sites is 1. The minimum absolute atomic E-state index is 0.230. The normalized spacial score (nSPS) is 15.5. The van der Waals surface area contributed by atoms with E-state index in [9.17, 15) is 14.4 Å². The number of hydrogen-bond donors (Lipinski definition) is 0. The molecular formula is C35H52BrN3O5. The van der Waals surface area contributed by atoms with Gasteiger partial charge in [-0.3, -0.25) is 14.4 Å². The van der Waals surface area contributed by atoms with Gasteiger partial charge >= 0.3 is 11.9 Å². The van der Waals surface area contributed by atoms with Crippen LogP contribution in [0.1, 0.15) is 58.9 Å². The van der Waals surface area contributed by atoms with Crippen LogP contribution < -0.4 is 4.90 Å². The molecule has 3 rings (SSSR count). The fourth-order valence-corrected chi connectivity index (χ4v) is 6.19. The van der Waals surface area contributed by atoms with E-state index in [1.54, 1.807) is 20.8 Å². The van der Waals surface area contributed by atoms with Crippen molar-refractivity contribution in [1.82, 2.24) is 9.80 Å². The van der Waals surface area contributed by atoms with Gasteiger partial charge in [-0.25, -0.2) is 0 Å². The number of likely N-dealkylation sites (tertiary alicyclic amines) is 1. The number of likely N-dealkylation sites (N-methyl/N-ethyl adjacent to an activating group) is 1. The highest BCUT2D eigenvalue weighted by molar-refractivity contribution is 9.10. The van der Waals surface area contributed by atoms with Crippen molar-refractivity contribution in [3.05, 3.63) is 66.2 Å². The monoisotopic (exact) mass is 673 g/mol. The lowest BCUT2D eigenvalue weighted by atomic mass is 9.83. The van der Waals surface area contributed by atoms with Gasteiger partial charge in [0.15, 0.2) is 0 Å². The van der Waals surface area contributed by atoms with E-state index in [-0.39, 0.29) is 17.8 Å². The van der Waals surface area contributed by atoms with Gasteiger partial charge in [0.1, 0.15) is 10.9 Å². The number of amides is 1. The molecule has 0 radical (unpaired) electrons. The van der Waals surface area contributed by atoms with Crippen LogP contribution in [-0.2, 0) is 30.3 Å². The number of ether oxygens (including phenoxy) is 2. The molecule has 8 nitrogen and oxygen atoms in total. The topological polar surface area (TPSA) is 79.4 Å². The molecule has 1 unspecified atom stereocenters. The number of benzene rings is 2. The predicted molar refractivity (Wildman–Crippen MR) is 181 cm³/mol. The molecule has 0 saturated carbocycles. The first-order valence-corrected chi connectivity index (χ1v) is 16.3. The molecule has 1 aliphatic rings. The molecule has 0 aromatic heterocycles. The van der Waals surface area contributed by atoms with Crippen LogP contribution in [0.3, 0.4) is 0 Å². The molecule has 1 saturated heterocycles. The molecule has 244 valence electrons. The first-order chi connectivity index (χ1) is 20.8. The van der Waals surface area contributed by atoms with E-state index in [1.165, 1.54) is 12.7 Å². The maximum atomic E-state index is 12.5. The Kier molecular flexibility index (Phi) is 15.5. The quantitative estimate of drug-likeness (QED) is 0.191. The van der Waals surface area contributed by atoms with Gasteiger partial charge in [-0.1, -0.05) is 71.4 Å². The highest BCUT2D eigenvalue weighted by atomic mass is 79.9. The third-order valence-electron chi connectivity index (χ3n) is 7.80. The van der Waals surface area contributed by atoms with E-state index in [1.807, 2.05) is 49.0 Å². The van der Waals surface area contributed by atoms with Crippen molar-refractivity contribution in [2.45, 2.75) is 70.2 Å². The summed E-state index contributed by atoms with van der Waals surface area (Å²) in [4.78, 5) is 42.6. The van der Waals surface area contributed by atoms with Crippen molar-refractivity contribution >= 4 is 39.5 Å². The van der Waals surface area contributed by atoms with Crippen LogP contribution in [0.2, 0.25) is 0 Å². The maximum absolute atomic E-state index is 12.5. The summed E-state index contributed by atoms with van der Waals surface area (Å²) >= 11 is 3.35.